The van der Waals surface area contributed by atoms with E-state index in [1.54, 1.807) is 6.92 Å². The fourth-order valence-electron chi connectivity index (χ4n) is 1.59. The van der Waals surface area contributed by atoms with E-state index in [9.17, 15) is 18.0 Å². The van der Waals surface area contributed by atoms with Gasteiger partial charge in [0.1, 0.15) is 6.54 Å². The minimum atomic E-state index is -4.34. The van der Waals surface area contributed by atoms with E-state index >= 15 is 0 Å². The van der Waals surface area contributed by atoms with Crippen LogP contribution in [0, 0.1) is 5.92 Å². The van der Waals surface area contributed by atoms with E-state index in [2.05, 4.69) is 0 Å². The molecule has 0 spiro atoms. The molecular formula is C11H21F3N2O. The lowest BCUT2D eigenvalue weighted by Crippen LogP contribution is -2.38. The lowest BCUT2D eigenvalue weighted by molar-refractivity contribution is -0.160. The van der Waals surface area contributed by atoms with Crippen molar-refractivity contribution in [2.75, 3.05) is 13.6 Å². The number of alkyl halides is 3. The van der Waals surface area contributed by atoms with E-state index < -0.39 is 18.6 Å². The zero-order valence-electron chi connectivity index (χ0n) is 10.5. The SMILES string of the molecule is CC(N)CCCC(C)C(=O)N(C)CC(F)(F)F. The van der Waals surface area contributed by atoms with Gasteiger partial charge in [0.25, 0.3) is 0 Å². The molecular weight excluding hydrogens is 233 g/mol. The number of carbonyl (C=O) groups is 1. The third-order valence-corrected chi connectivity index (χ3v) is 2.51. The van der Waals surface area contributed by atoms with Crippen molar-refractivity contribution in [1.82, 2.24) is 4.90 Å². The summed E-state index contributed by atoms with van der Waals surface area (Å²) in [6, 6.07) is 0.0604. The van der Waals surface area contributed by atoms with Crippen LogP contribution < -0.4 is 5.73 Å². The third-order valence-electron chi connectivity index (χ3n) is 2.51. The first kappa shape index (κ1) is 16.2. The molecule has 102 valence electrons. The standard InChI is InChI=1S/C11H21F3N2O/c1-8(5-4-6-9(2)15)10(17)16(3)7-11(12,13)14/h8-9H,4-7,15H2,1-3H3. The fraction of sp³-hybridized carbons (Fsp3) is 0.909. The van der Waals surface area contributed by atoms with Crippen LogP contribution in [-0.2, 0) is 4.79 Å². The molecule has 3 nitrogen and oxygen atoms in total. The Kier molecular flexibility index (Phi) is 6.52. The summed E-state index contributed by atoms with van der Waals surface area (Å²) in [7, 11) is 1.18. The van der Waals surface area contributed by atoms with Crippen LogP contribution in [0.3, 0.4) is 0 Å². The number of halogens is 3. The Balaban J connectivity index is 4.03. The van der Waals surface area contributed by atoms with Gasteiger partial charge in [-0.1, -0.05) is 13.3 Å². The van der Waals surface area contributed by atoms with Gasteiger partial charge in [-0.15, -0.1) is 0 Å². The van der Waals surface area contributed by atoms with Crippen molar-refractivity contribution in [2.24, 2.45) is 11.7 Å². The summed E-state index contributed by atoms with van der Waals surface area (Å²) in [5, 5.41) is 0. The van der Waals surface area contributed by atoms with Crippen LogP contribution in [0.25, 0.3) is 0 Å². The molecule has 2 unspecified atom stereocenters. The molecule has 17 heavy (non-hydrogen) atoms. The Morgan fingerprint density at radius 3 is 2.24 bits per heavy atom. The normalized spacial score (nSPS) is 15.5. The molecule has 2 N–H and O–H groups in total. The van der Waals surface area contributed by atoms with Gasteiger partial charge < -0.3 is 10.6 Å². The Hall–Kier alpha value is -0.780. The van der Waals surface area contributed by atoms with Gasteiger partial charge in [0.2, 0.25) is 5.91 Å². The van der Waals surface area contributed by atoms with Crippen molar-refractivity contribution in [2.45, 2.75) is 45.3 Å². The van der Waals surface area contributed by atoms with E-state index in [0.29, 0.717) is 6.42 Å². The minimum Gasteiger partial charge on any atom is -0.336 e. The molecule has 0 aliphatic carbocycles. The van der Waals surface area contributed by atoms with Gasteiger partial charge in [0.05, 0.1) is 0 Å². The Bertz CT molecular complexity index is 241. The zero-order valence-corrected chi connectivity index (χ0v) is 10.5. The molecule has 0 aliphatic heterocycles. The molecule has 0 saturated heterocycles. The molecule has 0 saturated carbocycles. The number of nitrogens with zero attached hydrogens (tertiary/aromatic N) is 1. The van der Waals surface area contributed by atoms with Crippen LogP contribution in [0.2, 0.25) is 0 Å². The first-order chi connectivity index (χ1) is 7.63. The van der Waals surface area contributed by atoms with Gasteiger partial charge in [-0.25, -0.2) is 0 Å². The van der Waals surface area contributed by atoms with Crippen molar-refractivity contribution in [3.05, 3.63) is 0 Å². The van der Waals surface area contributed by atoms with Gasteiger partial charge in [0.15, 0.2) is 0 Å². The van der Waals surface area contributed by atoms with Crippen molar-refractivity contribution >= 4 is 5.91 Å². The van der Waals surface area contributed by atoms with Gasteiger partial charge in [0, 0.05) is 19.0 Å². The van der Waals surface area contributed by atoms with Gasteiger partial charge in [-0.2, -0.15) is 13.2 Å². The lowest BCUT2D eigenvalue weighted by atomic mass is 10.0. The number of carbonyl (C=O) groups excluding carboxylic acids is 1. The Morgan fingerprint density at radius 1 is 1.29 bits per heavy atom. The van der Waals surface area contributed by atoms with E-state index in [1.807, 2.05) is 6.92 Å². The third kappa shape index (κ3) is 8.01. The highest BCUT2D eigenvalue weighted by Gasteiger charge is 2.32. The number of hydrogen-bond donors (Lipinski definition) is 1. The molecule has 0 bridgehead atoms. The minimum absolute atomic E-state index is 0.0604. The lowest BCUT2D eigenvalue weighted by Gasteiger charge is -2.22. The summed E-state index contributed by atoms with van der Waals surface area (Å²) >= 11 is 0. The molecule has 0 rings (SSSR count). The fourth-order valence-corrected chi connectivity index (χ4v) is 1.59. The maximum Gasteiger partial charge on any atom is 0.406 e. The Morgan fingerprint density at radius 2 is 1.82 bits per heavy atom. The summed E-state index contributed by atoms with van der Waals surface area (Å²) < 4.78 is 36.2. The van der Waals surface area contributed by atoms with Crippen molar-refractivity contribution in [3.63, 3.8) is 0 Å². The molecule has 0 aromatic rings. The van der Waals surface area contributed by atoms with Crippen molar-refractivity contribution in [1.29, 1.82) is 0 Å². The molecule has 0 aromatic heterocycles. The predicted octanol–water partition coefficient (Wildman–Crippen LogP) is 2.16. The first-order valence-corrected chi connectivity index (χ1v) is 5.70. The van der Waals surface area contributed by atoms with Crippen LogP contribution in [0.4, 0.5) is 13.2 Å². The molecule has 0 aromatic carbocycles. The second kappa shape index (κ2) is 6.83. The Labute approximate surface area is 100 Å². The first-order valence-electron chi connectivity index (χ1n) is 5.70. The van der Waals surface area contributed by atoms with Crippen molar-refractivity contribution < 1.29 is 18.0 Å². The topological polar surface area (TPSA) is 46.3 Å². The second-order valence-corrected chi connectivity index (χ2v) is 4.62. The summed E-state index contributed by atoms with van der Waals surface area (Å²) in [6.45, 7) is 2.32. The van der Waals surface area contributed by atoms with Crippen LogP contribution in [0.15, 0.2) is 0 Å². The summed E-state index contributed by atoms with van der Waals surface area (Å²) in [5.74, 6) is -0.854. The average molecular weight is 254 g/mol. The van der Waals surface area contributed by atoms with E-state index in [4.69, 9.17) is 5.73 Å². The molecule has 2 atom stereocenters. The van der Waals surface area contributed by atoms with Crippen LogP contribution >= 0.6 is 0 Å². The predicted molar refractivity (Wildman–Crippen MR) is 60.4 cm³/mol. The van der Waals surface area contributed by atoms with Crippen LogP contribution in [0.1, 0.15) is 33.1 Å². The molecule has 1 amide bonds. The molecule has 0 radical (unpaired) electrons. The number of nitrogens with two attached hydrogens (primary N) is 1. The zero-order chi connectivity index (χ0) is 13.6. The quantitative estimate of drug-likeness (QED) is 0.789. The van der Waals surface area contributed by atoms with Crippen LogP contribution in [0.5, 0.6) is 0 Å². The summed E-state index contributed by atoms with van der Waals surface area (Å²) in [6.07, 6.45) is -2.23. The van der Waals surface area contributed by atoms with Gasteiger partial charge in [-0.05, 0) is 19.8 Å². The van der Waals surface area contributed by atoms with Crippen molar-refractivity contribution in [3.8, 4) is 0 Å². The van der Waals surface area contributed by atoms with E-state index in [1.165, 1.54) is 7.05 Å². The highest BCUT2D eigenvalue weighted by atomic mass is 19.4. The van der Waals surface area contributed by atoms with Gasteiger partial charge >= 0.3 is 6.18 Å². The average Bonchev–Trinajstić information content (AvgIpc) is 2.13. The highest BCUT2D eigenvalue weighted by Crippen LogP contribution is 2.18. The maximum absolute atomic E-state index is 12.1. The highest BCUT2D eigenvalue weighted by molar-refractivity contribution is 5.78. The van der Waals surface area contributed by atoms with Gasteiger partial charge in [-0.3, -0.25) is 4.79 Å². The second-order valence-electron chi connectivity index (χ2n) is 4.62. The van der Waals surface area contributed by atoms with Crippen LogP contribution in [-0.4, -0.2) is 36.6 Å². The molecule has 0 fully saturated rings. The number of hydrogen-bond acceptors (Lipinski definition) is 2. The smallest absolute Gasteiger partial charge is 0.336 e. The molecule has 0 heterocycles. The molecule has 6 heteroatoms. The number of amides is 1. The number of rotatable bonds is 6. The largest absolute Gasteiger partial charge is 0.406 e. The monoisotopic (exact) mass is 254 g/mol. The van der Waals surface area contributed by atoms with E-state index in [0.717, 1.165) is 17.7 Å². The maximum atomic E-state index is 12.1. The molecule has 0 aliphatic rings. The summed E-state index contributed by atoms with van der Waals surface area (Å²) in [4.78, 5) is 12.3. The van der Waals surface area contributed by atoms with E-state index in [-0.39, 0.29) is 12.0 Å². The summed E-state index contributed by atoms with van der Waals surface area (Å²) in [5.41, 5.74) is 5.55.